The summed E-state index contributed by atoms with van der Waals surface area (Å²) in [4.78, 5) is 20.8. The predicted molar refractivity (Wildman–Crippen MR) is 99.9 cm³/mol. The maximum atomic E-state index is 12.4. The first kappa shape index (κ1) is 16.9. The summed E-state index contributed by atoms with van der Waals surface area (Å²) >= 11 is 5.94. The Labute approximate surface area is 151 Å². The number of anilines is 2. The number of hydrogen-bond acceptors (Lipinski definition) is 4. The van der Waals surface area contributed by atoms with Crippen molar-refractivity contribution < 1.29 is 4.79 Å². The summed E-state index contributed by atoms with van der Waals surface area (Å²) in [5.74, 6) is -0.271. The molecule has 0 aliphatic heterocycles. The van der Waals surface area contributed by atoms with Crippen LogP contribution in [0.4, 0.5) is 11.4 Å². The van der Waals surface area contributed by atoms with Gasteiger partial charge in [-0.1, -0.05) is 17.7 Å². The van der Waals surface area contributed by atoms with Gasteiger partial charge in [0, 0.05) is 28.8 Å². The second kappa shape index (κ2) is 7.77. The molecule has 6 heteroatoms. The number of benzene rings is 1. The molecule has 0 aliphatic carbocycles. The third kappa shape index (κ3) is 4.55. The molecule has 5 nitrogen and oxygen atoms in total. The van der Waals surface area contributed by atoms with E-state index in [1.807, 2.05) is 31.2 Å². The van der Waals surface area contributed by atoms with E-state index in [2.05, 4.69) is 20.6 Å². The smallest absolute Gasteiger partial charge is 0.274 e. The zero-order chi connectivity index (χ0) is 17.6. The molecule has 2 heterocycles. The average molecular weight is 353 g/mol. The van der Waals surface area contributed by atoms with E-state index < -0.39 is 0 Å². The zero-order valence-electron chi connectivity index (χ0n) is 13.7. The third-order valence-electron chi connectivity index (χ3n) is 3.63. The van der Waals surface area contributed by atoms with Crippen molar-refractivity contribution in [2.24, 2.45) is 0 Å². The second-order valence-corrected chi connectivity index (χ2v) is 5.95. The van der Waals surface area contributed by atoms with Crippen molar-refractivity contribution in [1.82, 2.24) is 9.97 Å². The van der Waals surface area contributed by atoms with Gasteiger partial charge < -0.3 is 10.6 Å². The van der Waals surface area contributed by atoms with E-state index in [0.29, 0.717) is 22.9 Å². The van der Waals surface area contributed by atoms with Crippen LogP contribution in [-0.4, -0.2) is 15.9 Å². The fourth-order valence-electron chi connectivity index (χ4n) is 2.31. The molecule has 1 aromatic carbocycles. The van der Waals surface area contributed by atoms with Crippen LogP contribution in [0.25, 0.3) is 0 Å². The highest BCUT2D eigenvalue weighted by Crippen LogP contribution is 2.20. The van der Waals surface area contributed by atoms with Crippen LogP contribution in [0.2, 0.25) is 5.02 Å². The van der Waals surface area contributed by atoms with Crippen molar-refractivity contribution in [1.29, 1.82) is 0 Å². The van der Waals surface area contributed by atoms with Gasteiger partial charge in [0.25, 0.3) is 5.91 Å². The number of nitrogens with zero attached hydrogens (tertiary/aromatic N) is 2. The van der Waals surface area contributed by atoms with Gasteiger partial charge in [0.1, 0.15) is 5.69 Å². The number of nitrogens with one attached hydrogen (secondary N) is 2. The minimum atomic E-state index is -0.271. The Kier molecular flexibility index (Phi) is 5.26. The minimum Gasteiger partial charge on any atom is -0.379 e. The molecule has 0 radical (unpaired) electrons. The molecule has 0 saturated carbocycles. The summed E-state index contributed by atoms with van der Waals surface area (Å²) in [7, 11) is 0. The number of pyridine rings is 2. The van der Waals surface area contributed by atoms with Crippen LogP contribution in [0.5, 0.6) is 0 Å². The van der Waals surface area contributed by atoms with Crippen molar-refractivity contribution in [3.8, 4) is 0 Å². The molecule has 3 aromatic rings. The van der Waals surface area contributed by atoms with Gasteiger partial charge >= 0.3 is 0 Å². The lowest BCUT2D eigenvalue weighted by Gasteiger charge is -2.10. The van der Waals surface area contributed by atoms with Gasteiger partial charge in [0.2, 0.25) is 0 Å². The zero-order valence-corrected chi connectivity index (χ0v) is 14.4. The molecule has 0 saturated heterocycles. The van der Waals surface area contributed by atoms with E-state index in [1.165, 1.54) is 0 Å². The van der Waals surface area contributed by atoms with Crippen LogP contribution in [-0.2, 0) is 6.54 Å². The molecule has 0 bridgehead atoms. The van der Waals surface area contributed by atoms with Crippen molar-refractivity contribution in [3.05, 3.63) is 82.9 Å². The van der Waals surface area contributed by atoms with E-state index in [1.54, 1.807) is 36.7 Å². The second-order valence-electron chi connectivity index (χ2n) is 5.52. The Morgan fingerprint density at radius 2 is 1.96 bits per heavy atom. The first-order chi connectivity index (χ1) is 12.1. The summed E-state index contributed by atoms with van der Waals surface area (Å²) in [5.41, 5.74) is 3.66. The van der Waals surface area contributed by atoms with E-state index in [4.69, 9.17) is 11.6 Å². The van der Waals surface area contributed by atoms with Gasteiger partial charge in [0.15, 0.2) is 0 Å². The Morgan fingerprint density at radius 3 is 2.72 bits per heavy atom. The number of amides is 1. The van der Waals surface area contributed by atoms with Crippen LogP contribution in [0, 0.1) is 6.92 Å². The summed E-state index contributed by atoms with van der Waals surface area (Å²) < 4.78 is 0. The molecule has 1 amide bonds. The van der Waals surface area contributed by atoms with Crippen LogP contribution >= 0.6 is 11.6 Å². The number of carbonyl (C=O) groups excluding carboxylic acids is 1. The lowest BCUT2D eigenvalue weighted by molar-refractivity contribution is 0.102. The molecular formula is C19H17ClN4O. The fourth-order valence-corrected chi connectivity index (χ4v) is 2.54. The van der Waals surface area contributed by atoms with Crippen LogP contribution in [0.15, 0.2) is 60.9 Å². The van der Waals surface area contributed by atoms with Gasteiger partial charge in [0.05, 0.1) is 12.2 Å². The third-order valence-corrected chi connectivity index (χ3v) is 3.86. The van der Waals surface area contributed by atoms with Crippen molar-refractivity contribution >= 4 is 28.9 Å². The fraction of sp³-hybridized carbons (Fsp3) is 0.105. The first-order valence-electron chi connectivity index (χ1n) is 7.79. The molecule has 0 unspecified atom stereocenters. The summed E-state index contributed by atoms with van der Waals surface area (Å²) in [6.07, 6.45) is 3.35. The SMILES string of the molecule is Cc1cc(Cl)ccc1NC(=O)c1cc(NCc2ccccn2)ccn1. The highest BCUT2D eigenvalue weighted by atomic mass is 35.5. The van der Waals surface area contributed by atoms with Crippen molar-refractivity contribution in [3.63, 3.8) is 0 Å². The van der Waals surface area contributed by atoms with Gasteiger partial charge in [-0.15, -0.1) is 0 Å². The number of hydrogen-bond donors (Lipinski definition) is 2. The lowest BCUT2D eigenvalue weighted by atomic mass is 10.2. The van der Waals surface area contributed by atoms with Crippen LogP contribution in [0.3, 0.4) is 0 Å². The molecule has 0 fully saturated rings. The normalized spacial score (nSPS) is 10.3. The van der Waals surface area contributed by atoms with Crippen molar-refractivity contribution in [2.75, 3.05) is 10.6 Å². The maximum Gasteiger partial charge on any atom is 0.274 e. The largest absolute Gasteiger partial charge is 0.379 e. The van der Waals surface area contributed by atoms with Gasteiger partial charge in [-0.3, -0.25) is 14.8 Å². The average Bonchev–Trinajstić information content (AvgIpc) is 2.63. The van der Waals surface area contributed by atoms with Crippen LogP contribution < -0.4 is 10.6 Å². The molecule has 0 spiro atoms. The van der Waals surface area contributed by atoms with E-state index in [9.17, 15) is 4.79 Å². The molecule has 2 aromatic heterocycles. The van der Waals surface area contributed by atoms with Gasteiger partial charge in [-0.05, 0) is 55.0 Å². The van der Waals surface area contributed by atoms with Crippen LogP contribution in [0.1, 0.15) is 21.7 Å². The molecular weight excluding hydrogens is 336 g/mol. The van der Waals surface area contributed by atoms with E-state index >= 15 is 0 Å². The number of aryl methyl sites for hydroxylation is 1. The molecule has 25 heavy (non-hydrogen) atoms. The van der Waals surface area contributed by atoms with E-state index in [0.717, 1.165) is 16.9 Å². The molecule has 0 atom stereocenters. The Morgan fingerprint density at radius 1 is 1.08 bits per heavy atom. The van der Waals surface area contributed by atoms with E-state index in [-0.39, 0.29) is 5.91 Å². The van der Waals surface area contributed by atoms with Gasteiger partial charge in [-0.2, -0.15) is 0 Å². The standard InChI is InChI=1S/C19H17ClN4O/c1-13-10-14(20)5-6-17(13)24-19(25)18-11-15(7-9-22-18)23-12-16-4-2-3-8-21-16/h2-11H,12H2,1H3,(H,22,23)(H,24,25). The topological polar surface area (TPSA) is 66.9 Å². The maximum absolute atomic E-state index is 12.4. The first-order valence-corrected chi connectivity index (χ1v) is 8.17. The summed E-state index contributed by atoms with van der Waals surface area (Å²) in [5, 5.41) is 6.73. The summed E-state index contributed by atoms with van der Waals surface area (Å²) in [6, 6.07) is 14.6. The molecule has 126 valence electrons. The molecule has 2 N–H and O–H groups in total. The highest BCUT2D eigenvalue weighted by Gasteiger charge is 2.10. The number of aromatic nitrogens is 2. The minimum absolute atomic E-state index is 0.271. The van der Waals surface area contributed by atoms with Gasteiger partial charge in [-0.25, -0.2) is 0 Å². The lowest BCUT2D eigenvalue weighted by Crippen LogP contribution is -2.14. The highest BCUT2D eigenvalue weighted by molar-refractivity contribution is 6.30. The number of carbonyl (C=O) groups is 1. The quantitative estimate of drug-likeness (QED) is 0.718. The Hall–Kier alpha value is -2.92. The Bertz CT molecular complexity index is 884. The number of rotatable bonds is 5. The number of halogens is 1. The Balaban J connectivity index is 1.69. The summed E-state index contributed by atoms with van der Waals surface area (Å²) in [6.45, 7) is 2.46. The molecule has 0 aliphatic rings. The predicted octanol–water partition coefficient (Wildman–Crippen LogP) is 4.30. The molecule has 3 rings (SSSR count). The monoisotopic (exact) mass is 352 g/mol. The van der Waals surface area contributed by atoms with Crippen molar-refractivity contribution in [2.45, 2.75) is 13.5 Å².